The third-order valence-corrected chi connectivity index (χ3v) is 5.94. The van der Waals surface area contributed by atoms with Crippen molar-refractivity contribution >= 4 is 36.7 Å². The normalized spacial score (nSPS) is 17.3. The molecule has 0 bridgehead atoms. The van der Waals surface area contributed by atoms with E-state index in [2.05, 4.69) is 9.88 Å². The van der Waals surface area contributed by atoms with Gasteiger partial charge in [-0.3, -0.25) is 0 Å². The topological polar surface area (TPSA) is 62.7 Å². The van der Waals surface area contributed by atoms with Gasteiger partial charge in [0.1, 0.15) is 5.75 Å². The molecular formula is C13H17N3O3S2. The number of piperazine rings is 1. The first-order valence-corrected chi connectivity index (χ1v) is 9.28. The number of fused-ring (bicyclic) bond motifs is 1. The lowest BCUT2D eigenvalue weighted by Crippen LogP contribution is -2.48. The van der Waals surface area contributed by atoms with Crippen LogP contribution in [0.4, 0.5) is 5.13 Å². The predicted octanol–water partition coefficient (Wildman–Crippen LogP) is 1.39. The number of ether oxygens (including phenoxy) is 1. The Hall–Kier alpha value is -1.38. The van der Waals surface area contributed by atoms with Gasteiger partial charge in [0.25, 0.3) is 0 Å². The van der Waals surface area contributed by atoms with E-state index in [9.17, 15) is 8.42 Å². The Bertz CT molecular complexity index is 749. The van der Waals surface area contributed by atoms with Gasteiger partial charge in [-0.05, 0) is 18.2 Å². The molecule has 0 saturated carbocycles. The Balaban J connectivity index is 1.79. The summed E-state index contributed by atoms with van der Waals surface area (Å²) in [7, 11) is -1.45. The summed E-state index contributed by atoms with van der Waals surface area (Å²) in [6.07, 6.45) is 1.26. The molecule has 1 aromatic heterocycles. The Kier molecular flexibility index (Phi) is 3.76. The molecule has 0 aliphatic carbocycles. The van der Waals surface area contributed by atoms with Gasteiger partial charge in [-0.15, -0.1) is 0 Å². The monoisotopic (exact) mass is 327 g/mol. The standard InChI is InChI=1S/C13H17N3O3S2/c1-19-10-3-4-11-12(9-10)20-13(14-11)15-5-7-16(8-6-15)21(2,17)18/h3-4,9H,5-8H2,1-2H3. The summed E-state index contributed by atoms with van der Waals surface area (Å²) < 4.78 is 30.9. The fraction of sp³-hybridized carbons (Fsp3) is 0.462. The highest BCUT2D eigenvalue weighted by Crippen LogP contribution is 2.31. The van der Waals surface area contributed by atoms with Crippen molar-refractivity contribution in [2.45, 2.75) is 0 Å². The maximum Gasteiger partial charge on any atom is 0.211 e. The molecule has 1 aromatic carbocycles. The van der Waals surface area contributed by atoms with Gasteiger partial charge in [-0.25, -0.2) is 13.4 Å². The molecule has 2 heterocycles. The summed E-state index contributed by atoms with van der Waals surface area (Å²) >= 11 is 1.61. The number of rotatable bonds is 3. The van der Waals surface area contributed by atoms with E-state index in [1.54, 1.807) is 18.4 Å². The van der Waals surface area contributed by atoms with Crippen molar-refractivity contribution in [3.8, 4) is 5.75 Å². The lowest BCUT2D eigenvalue weighted by atomic mass is 10.3. The minimum absolute atomic E-state index is 0.512. The number of sulfonamides is 1. The molecule has 8 heteroatoms. The number of thiazole rings is 1. The van der Waals surface area contributed by atoms with Crippen molar-refractivity contribution in [2.24, 2.45) is 0 Å². The lowest BCUT2D eigenvalue weighted by Gasteiger charge is -2.32. The second-order valence-corrected chi connectivity index (χ2v) is 7.97. The molecular weight excluding hydrogens is 310 g/mol. The first kappa shape index (κ1) is 14.6. The number of anilines is 1. The quantitative estimate of drug-likeness (QED) is 0.852. The molecule has 114 valence electrons. The Morgan fingerprint density at radius 3 is 2.57 bits per heavy atom. The third kappa shape index (κ3) is 2.97. The highest BCUT2D eigenvalue weighted by atomic mass is 32.2. The molecule has 0 radical (unpaired) electrons. The van der Waals surface area contributed by atoms with Crippen LogP contribution >= 0.6 is 11.3 Å². The van der Waals surface area contributed by atoms with Gasteiger partial charge in [0.05, 0.1) is 23.6 Å². The van der Waals surface area contributed by atoms with Crippen LogP contribution in [0.25, 0.3) is 10.2 Å². The average Bonchev–Trinajstić information content (AvgIpc) is 2.89. The van der Waals surface area contributed by atoms with E-state index < -0.39 is 10.0 Å². The fourth-order valence-electron chi connectivity index (χ4n) is 2.37. The third-order valence-electron chi connectivity index (χ3n) is 3.56. The van der Waals surface area contributed by atoms with E-state index in [4.69, 9.17) is 4.74 Å². The molecule has 2 aromatic rings. The molecule has 3 rings (SSSR count). The predicted molar refractivity (Wildman–Crippen MR) is 84.8 cm³/mol. The zero-order valence-electron chi connectivity index (χ0n) is 11.9. The number of aromatic nitrogens is 1. The molecule has 0 spiro atoms. The largest absolute Gasteiger partial charge is 0.497 e. The van der Waals surface area contributed by atoms with Crippen LogP contribution in [0.2, 0.25) is 0 Å². The van der Waals surface area contributed by atoms with Crippen LogP contribution in [0.1, 0.15) is 0 Å². The number of hydrogen-bond acceptors (Lipinski definition) is 6. The summed E-state index contributed by atoms with van der Waals surface area (Å²) in [5, 5.41) is 0.936. The summed E-state index contributed by atoms with van der Waals surface area (Å²) in [6.45, 7) is 2.37. The molecule has 1 fully saturated rings. The summed E-state index contributed by atoms with van der Waals surface area (Å²) in [4.78, 5) is 6.76. The Morgan fingerprint density at radius 1 is 1.24 bits per heavy atom. The van der Waals surface area contributed by atoms with Gasteiger partial charge in [-0.1, -0.05) is 11.3 Å². The van der Waals surface area contributed by atoms with Crippen LogP contribution in [-0.4, -0.2) is 57.3 Å². The van der Waals surface area contributed by atoms with Crippen LogP contribution < -0.4 is 9.64 Å². The van der Waals surface area contributed by atoms with E-state index in [1.807, 2.05) is 18.2 Å². The van der Waals surface area contributed by atoms with Crippen molar-refractivity contribution in [3.05, 3.63) is 18.2 Å². The second-order valence-electron chi connectivity index (χ2n) is 4.98. The van der Waals surface area contributed by atoms with Gasteiger partial charge in [-0.2, -0.15) is 4.31 Å². The van der Waals surface area contributed by atoms with Crippen molar-refractivity contribution in [1.29, 1.82) is 0 Å². The Morgan fingerprint density at radius 2 is 1.95 bits per heavy atom. The molecule has 1 aliphatic rings. The summed E-state index contributed by atoms with van der Waals surface area (Å²) in [6, 6.07) is 5.82. The SMILES string of the molecule is COc1ccc2nc(N3CCN(S(C)(=O)=O)CC3)sc2c1. The summed E-state index contributed by atoms with van der Waals surface area (Å²) in [5.74, 6) is 0.819. The summed E-state index contributed by atoms with van der Waals surface area (Å²) in [5.41, 5.74) is 0.946. The number of hydrogen-bond donors (Lipinski definition) is 0. The average molecular weight is 327 g/mol. The van der Waals surface area contributed by atoms with Crippen LogP contribution in [0.3, 0.4) is 0 Å². The molecule has 21 heavy (non-hydrogen) atoms. The smallest absolute Gasteiger partial charge is 0.211 e. The highest BCUT2D eigenvalue weighted by Gasteiger charge is 2.24. The van der Waals surface area contributed by atoms with Crippen molar-refractivity contribution in [2.75, 3.05) is 44.4 Å². The first-order chi connectivity index (χ1) is 9.97. The van der Waals surface area contributed by atoms with Crippen molar-refractivity contribution in [3.63, 3.8) is 0 Å². The van der Waals surface area contributed by atoms with Gasteiger partial charge in [0.15, 0.2) is 5.13 Å². The molecule has 1 saturated heterocycles. The van der Waals surface area contributed by atoms with Crippen molar-refractivity contribution in [1.82, 2.24) is 9.29 Å². The fourth-order valence-corrected chi connectivity index (χ4v) is 4.24. The van der Waals surface area contributed by atoms with Gasteiger partial charge >= 0.3 is 0 Å². The van der Waals surface area contributed by atoms with Crippen LogP contribution in [-0.2, 0) is 10.0 Å². The second kappa shape index (κ2) is 5.43. The van der Waals surface area contributed by atoms with E-state index in [0.29, 0.717) is 26.2 Å². The van der Waals surface area contributed by atoms with E-state index in [0.717, 1.165) is 21.1 Å². The van der Waals surface area contributed by atoms with Gasteiger partial charge in [0.2, 0.25) is 10.0 Å². The first-order valence-electron chi connectivity index (χ1n) is 6.62. The van der Waals surface area contributed by atoms with Crippen LogP contribution in [0.15, 0.2) is 18.2 Å². The van der Waals surface area contributed by atoms with E-state index >= 15 is 0 Å². The van der Waals surface area contributed by atoms with Crippen LogP contribution in [0, 0.1) is 0 Å². The molecule has 6 nitrogen and oxygen atoms in total. The van der Waals surface area contributed by atoms with Crippen molar-refractivity contribution < 1.29 is 13.2 Å². The maximum absolute atomic E-state index is 11.5. The van der Waals surface area contributed by atoms with Crippen LogP contribution in [0.5, 0.6) is 5.75 Å². The maximum atomic E-state index is 11.5. The minimum atomic E-state index is -3.09. The zero-order chi connectivity index (χ0) is 15.0. The van der Waals surface area contributed by atoms with Gasteiger partial charge in [0, 0.05) is 26.2 Å². The minimum Gasteiger partial charge on any atom is -0.497 e. The van der Waals surface area contributed by atoms with Gasteiger partial charge < -0.3 is 9.64 Å². The lowest BCUT2D eigenvalue weighted by molar-refractivity contribution is 0.388. The molecule has 0 N–H and O–H groups in total. The highest BCUT2D eigenvalue weighted by molar-refractivity contribution is 7.88. The molecule has 0 atom stereocenters. The zero-order valence-corrected chi connectivity index (χ0v) is 13.6. The Labute approximate surface area is 128 Å². The number of methoxy groups -OCH3 is 1. The molecule has 0 amide bonds. The van der Waals surface area contributed by atoms with E-state index in [1.165, 1.54) is 10.6 Å². The number of nitrogens with zero attached hydrogens (tertiary/aromatic N) is 3. The number of benzene rings is 1. The molecule has 1 aliphatic heterocycles. The molecule has 0 unspecified atom stereocenters. The van der Waals surface area contributed by atoms with E-state index in [-0.39, 0.29) is 0 Å².